The van der Waals surface area contributed by atoms with Gasteiger partial charge in [-0.3, -0.25) is 0 Å². The Labute approximate surface area is 171 Å². The summed E-state index contributed by atoms with van der Waals surface area (Å²) in [6.45, 7) is 12.5. The number of carbonyl (C=O) groups is 2. The topological polar surface area (TPSA) is 43.4 Å². The van der Waals surface area contributed by atoms with Crippen LogP contribution >= 0.6 is 0 Å². The number of carbonyl (C=O) groups excluding carboxylic acids is 2. The van der Waals surface area contributed by atoms with Crippen LogP contribution in [0.4, 0.5) is 0 Å². The molecule has 0 spiro atoms. The molecule has 2 rings (SSSR count). The molecule has 1 aliphatic rings. The third kappa shape index (κ3) is 4.75. The van der Waals surface area contributed by atoms with Crippen LogP contribution in [0.15, 0.2) is 30.3 Å². The molecule has 1 saturated carbocycles. The first-order chi connectivity index (χ1) is 12.7. The molecular formula is C22H34O3SeSi. The molecule has 3 nitrogen and oxygen atoms in total. The van der Waals surface area contributed by atoms with Gasteiger partial charge in [-0.25, -0.2) is 0 Å². The summed E-state index contributed by atoms with van der Waals surface area (Å²) in [7, 11) is -1.58. The molecule has 1 aromatic carbocycles. The third-order valence-electron chi connectivity index (χ3n) is 6.14. The summed E-state index contributed by atoms with van der Waals surface area (Å²) in [4.78, 5) is 25.0. The molecule has 0 amide bonds. The molecule has 0 heterocycles. The van der Waals surface area contributed by atoms with E-state index in [1.807, 2.05) is 26.8 Å². The molecule has 0 radical (unpaired) electrons. The van der Waals surface area contributed by atoms with Crippen molar-refractivity contribution in [1.29, 1.82) is 0 Å². The zero-order valence-electron chi connectivity index (χ0n) is 17.6. The first-order valence-corrected chi connectivity index (χ1v) is 14.6. The summed E-state index contributed by atoms with van der Waals surface area (Å²) >= 11 is 0.271. The number of hydrogen-bond donors (Lipinski definition) is 0. The van der Waals surface area contributed by atoms with Gasteiger partial charge in [0.05, 0.1) is 0 Å². The molecule has 150 valence electrons. The van der Waals surface area contributed by atoms with Crippen molar-refractivity contribution in [2.45, 2.75) is 76.1 Å². The van der Waals surface area contributed by atoms with Gasteiger partial charge < -0.3 is 0 Å². The number of aldehydes is 1. The van der Waals surface area contributed by atoms with Gasteiger partial charge in [0.25, 0.3) is 0 Å². The molecule has 1 fully saturated rings. The Morgan fingerprint density at radius 1 is 1.22 bits per heavy atom. The van der Waals surface area contributed by atoms with E-state index in [9.17, 15) is 9.59 Å². The third-order valence-corrected chi connectivity index (χ3v) is 18.1. The predicted octanol–water partition coefficient (Wildman–Crippen LogP) is 4.40. The fourth-order valence-electron chi connectivity index (χ4n) is 4.11. The average Bonchev–Trinajstić information content (AvgIpc) is 3.38. The average molecular weight is 454 g/mol. The zero-order chi connectivity index (χ0) is 20.3. The summed E-state index contributed by atoms with van der Waals surface area (Å²) in [6, 6.07) is 14.3. The number of benzene rings is 1. The summed E-state index contributed by atoms with van der Waals surface area (Å²) in [5.74, 6) is -0.161. The second-order valence-corrected chi connectivity index (χ2v) is 17.7. The van der Waals surface area contributed by atoms with Gasteiger partial charge in [-0.05, 0) is 0 Å². The van der Waals surface area contributed by atoms with Crippen LogP contribution in [0.5, 0.6) is 0 Å². The van der Waals surface area contributed by atoms with Gasteiger partial charge in [0.2, 0.25) is 0 Å². The van der Waals surface area contributed by atoms with Crippen molar-refractivity contribution in [2.75, 3.05) is 0 Å². The minimum atomic E-state index is -1.58. The van der Waals surface area contributed by atoms with E-state index in [1.165, 1.54) is 22.6 Å². The van der Waals surface area contributed by atoms with Crippen LogP contribution in [0, 0.1) is 11.3 Å². The Kier molecular flexibility index (Phi) is 7.15. The van der Waals surface area contributed by atoms with Crippen molar-refractivity contribution in [3.8, 4) is 0 Å². The van der Waals surface area contributed by atoms with Gasteiger partial charge in [-0.1, -0.05) is 0 Å². The zero-order valence-corrected chi connectivity index (χ0v) is 20.3. The fourth-order valence-corrected chi connectivity index (χ4v) is 16.1. The first kappa shape index (κ1) is 22.4. The van der Waals surface area contributed by atoms with Crippen molar-refractivity contribution in [1.82, 2.24) is 0 Å². The summed E-state index contributed by atoms with van der Waals surface area (Å²) in [5.41, 5.74) is -1.47. The molecule has 0 bridgehead atoms. The Morgan fingerprint density at radius 2 is 1.78 bits per heavy atom. The Morgan fingerprint density at radius 3 is 2.22 bits per heavy atom. The monoisotopic (exact) mass is 454 g/mol. The second kappa shape index (κ2) is 8.63. The van der Waals surface area contributed by atoms with Crippen LogP contribution in [-0.2, 0) is 14.3 Å². The van der Waals surface area contributed by atoms with Gasteiger partial charge in [-0.2, -0.15) is 0 Å². The van der Waals surface area contributed by atoms with Crippen molar-refractivity contribution < 1.29 is 14.3 Å². The SMILES string of the molecule is CC[Si](CC)(CC)[C@H]([Se]c1ccccc1)[C@H]1C[C@@]1(C=O)C(=O)OC(C)(C)C. The van der Waals surface area contributed by atoms with E-state index in [-0.39, 0.29) is 26.8 Å². The molecule has 0 aliphatic heterocycles. The van der Waals surface area contributed by atoms with Gasteiger partial charge in [0.1, 0.15) is 0 Å². The normalized spacial score (nSPS) is 23.6. The van der Waals surface area contributed by atoms with Crippen molar-refractivity contribution in [3.05, 3.63) is 30.3 Å². The summed E-state index contributed by atoms with van der Waals surface area (Å²) in [5, 5.41) is 0. The molecule has 27 heavy (non-hydrogen) atoms. The van der Waals surface area contributed by atoms with Crippen molar-refractivity contribution >= 4 is 39.7 Å². The molecule has 1 aromatic rings. The molecular weight excluding hydrogens is 419 g/mol. The quantitative estimate of drug-likeness (QED) is 0.241. The summed E-state index contributed by atoms with van der Waals surface area (Å²) in [6.07, 6.45) is 1.57. The number of esters is 1. The molecule has 0 aromatic heterocycles. The molecule has 5 heteroatoms. The fraction of sp³-hybridized carbons (Fsp3) is 0.636. The van der Waals surface area contributed by atoms with E-state index in [4.69, 9.17) is 4.74 Å². The molecule has 3 atom stereocenters. The second-order valence-electron chi connectivity index (χ2n) is 8.75. The van der Waals surface area contributed by atoms with Crippen LogP contribution in [0.2, 0.25) is 22.6 Å². The number of rotatable bonds is 9. The van der Waals surface area contributed by atoms with E-state index in [1.54, 1.807) is 0 Å². The van der Waals surface area contributed by atoms with E-state index >= 15 is 0 Å². The van der Waals surface area contributed by atoms with Gasteiger partial charge in [-0.15, -0.1) is 0 Å². The Bertz CT molecular complexity index is 643. The maximum atomic E-state index is 12.9. The Balaban J connectivity index is 2.36. The van der Waals surface area contributed by atoms with Gasteiger partial charge in [0, 0.05) is 0 Å². The standard InChI is InChI=1S/C22H34O3SeSi/c1-7-27(8-2,9-3)19(26-17-13-11-10-12-14-17)18-15-22(18,16-23)20(24)25-21(4,5)6/h10-14,16,18-19H,7-9,15H2,1-6H3/t18-,19+,22+/m1/s1. The minimum absolute atomic E-state index is 0.150. The predicted molar refractivity (Wildman–Crippen MR) is 115 cm³/mol. The first-order valence-electron chi connectivity index (χ1n) is 10.1. The maximum absolute atomic E-state index is 12.9. The van der Waals surface area contributed by atoms with Crippen LogP contribution in [0.3, 0.4) is 0 Å². The van der Waals surface area contributed by atoms with Crippen LogP contribution in [-0.4, -0.2) is 40.9 Å². The van der Waals surface area contributed by atoms with E-state index in [0.29, 0.717) is 10.9 Å². The van der Waals surface area contributed by atoms with E-state index in [0.717, 1.165) is 6.29 Å². The molecule has 0 saturated heterocycles. The van der Waals surface area contributed by atoms with Crippen molar-refractivity contribution in [2.24, 2.45) is 11.3 Å². The molecule has 0 N–H and O–H groups in total. The van der Waals surface area contributed by atoms with Gasteiger partial charge >= 0.3 is 172 Å². The molecule has 1 aliphatic carbocycles. The summed E-state index contributed by atoms with van der Waals surface area (Å²) < 4.78 is 7.52. The number of hydrogen-bond acceptors (Lipinski definition) is 3. The van der Waals surface area contributed by atoms with Crippen LogP contribution < -0.4 is 4.46 Å². The van der Waals surface area contributed by atoms with E-state index < -0.39 is 19.1 Å². The van der Waals surface area contributed by atoms with Crippen LogP contribution in [0.25, 0.3) is 0 Å². The number of ether oxygens (including phenoxy) is 1. The van der Waals surface area contributed by atoms with Crippen LogP contribution in [0.1, 0.15) is 48.0 Å². The van der Waals surface area contributed by atoms with E-state index in [2.05, 4.69) is 45.0 Å². The Hall–Kier alpha value is -0.904. The van der Waals surface area contributed by atoms with Crippen molar-refractivity contribution in [3.63, 3.8) is 0 Å². The molecule has 0 unspecified atom stereocenters. The van der Waals surface area contributed by atoms with Gasteiger partial charge in [0.15, 0.2) is 0 Å².